The molecule has 1 radical (unpaired) electrons. The molecular formula is C7H8NS. The van der Waals surface area contributed by atoms with Crippen molar-refractivity contribution in [3.05, 3.63) is 29.0 Å². The zero-order valence-electron chi connectivity index (χ0n) is 5.00. The van der Waals surface area contributed by atoms with Gasteiger partial charge >= 0.3 is 0 Å². The largest absolute Gasteiger partial charge is 0.295 e. The Morgan fingerprint density at radius 1 is 1.67 bits per heavy atom. The molecule has 1 N–H and O–H groups in total. The predicted molar refractivity (Wildman–Crippen MR) is 40.7 cm³/mol. The number of hydrogen-bond acceptors (Lipinski definition) is 2. The van der Waals surface area contributed by atoms with Gasteiger partial charge in [0.1, 0.15) is 0 Å². The number of fused-ring (bicyclic) bond motifs is 1. The fraction of sp³-hybridized carbons (Fsp3) is 0.286. The molecule has 0 saturated carbocycles. The van der Waals surface area contributed by atoms with Crippen LogP contribution in [0.15, 0.2) is 23.1 Å². The summed E-state index contributed by atoms with van der Waals surface area (Å²) < 4.78 is 0. The van der Waals surface area contributed by atoms with Crippen molar-refractivity contribution in [3.63, 3.8) is 0 Å². The van der Waals surface area contributed by atoms with Gasteiger partial charge in [0, 0.05) is 10.9 Å². The zero-order valence-corrected chi connectivity index (χ0v) is 5.82. The second-order valence-electron chi connectivity index (χ2n) is 2.19. The Labute approximate surface area is 59.2 Å². The molecule has 0 amide bonds. The van der Waals surface area contributed by atoms with Gasteiger partial charge in [0.25, 0.3) is 0 Å². The van der Waals surface area contributed by atoms with Crippen LogP contribution in [0.1, 0.15) is 6.42 Å². The first-order chi connectivity index (χ1) is 4.47. The molecule has 1 aliphatic carbocycles. The van der Waals surface area contributed by atoms with E-state index < -0.39 is 0 Å². The Morgan fingerprint density at radius 2 is 2.67 bits per heavy atom. The van der Waals surface area contributed by atoms with E-state index in [-0.39, 0.29) is 0 Å². The molecule has 0 aromatic rings. The number of allylic oxidation sites excluding steroid dienone is 2. The smallest absolute Gasteiger partial charge is 0.0835 e. The van der Waals surface area contributed by atoms with E-state index in [4.69, 9.17) is 0 Å². The Morgan fingerprint density at radius 3 is 3.56 bits per heavy atom. The van der Waals surface area contributed by atoms with E-state index in [1.807, 2.05) is 0 Å². The maximum atomic E-state index is 3.28. The molecule has 1 atom stereocenters. The van der Waals surface area contributed by atoms with Gasteiger partial charge in [-0.15, -0.1) is 11.8 Å². The Bertz CT molecular complexity index is 172. The van der Waals surface area contributed by atoms with Crippen molar-refractivity contribution in [1.82, 2.24) is 5.32 Å². The number of rotatable bonds is 0. The molecule has 2 heteroatoms. The molecule has 1 nitrogen and oxygen atoms in total. The van der Waals surface area contributed by atoms with Crippen LogP contribution in [0.4, 0.5) is 0 Å². The van der Waals surface area contributed by atoms with E-state index in [0.717, 1.165) is 6.42 Å². The van der Waals surface area contributed by atoms with Gasteiger partial charge in [-0.3, -0.25) is 5.32 Å². The highest BCUT2D eigenvalue weighted by atomic mass is 32.2. The van der Waals surface area contributed by atoms with Crippen LogP contribution in [-0.2, 0) is 0 Å². The standard InChI is InChI=1S/C7H8NS/c1-2-4-7-6(3-1)8-5-9-7/h1-2,4-6,8H,3H2. The monoisotopic (exact) mass is 138 g/mol. The van der Waals surface area contributed by atoms with Gasteiger partial charge in [-0.25, -0.2) is 0 Å². The van der Waals surface area contributed by atoms with Gasteiger partial charge in [0.15, 0.2) is 0 Å². The summed E-state index contributed by atoms with van der Waals surface area (Å²) in [5, 5.41) is 3.28. The molecule has 0 aromatic heterocycles. The molecule has 9 heavy (non-hydrogen) atoms. The first-order valence-corrected chi connectivity index (χ1v) is 3.96. The average Bonchev–Trinajstić information content (AvgIpc) is 2.33. The molecule has 0 spiro atoms. The Kier molecular flexibility index (Phi) is 1.36. The molecule has 47 valence electrons. The summed E-state index contributed by atoms with van der Waals surface area (Å²) in [4.78, 5) is 1.46. The highest BCUT2D eigenvalue weighted by Crippen LogP contribution is 2.32. The number of hydrogen-bond donors (Lipinski definition) is 1. The average molecular weight is 138 g/mol. The molecule has 1 unspecified atom stereocenters. The van der Waals surface area contributed by atoms with Gasteiger partial charge in [0.05, 0.1) is 5.88 Å². The lowest BCUT2D eigenvalue weighted by atomic mass is 10.1. The van der Waals surface area contributed by atoms with E-state index in [1.165, 1.54) is 4.91 Å². The second kappa shape index (κ2) is 2.20. The molecule has 1 heterocycles. The summed E-state index contributed by atoms with van der Waals surface area (Å²) in [7, 11) is 0. The summed E-state index contributed by atoms with van der Waals surface area (Å²) in [6.07, 6.45) is 7.64. The van der Waals surface area contributed by atoms with E-state index in [2.05, 4.69) is 29.4 Å². The van der Waals surface area contributed by atoms with E-state index in [0.29, 0.717) is 6.04 Å². The van der Waals surface area contributed by atoms with Crippen molar-refractivity contribution in [2.75, 3.05) is 0 Å². The maximum absolute atomic E-state index is 3.28. The van der Waals surface area contributed by atoms with Gasteiger partial charge in [-0.1, -0.05) is 18.2 Å². The number of nitrogens with one attached hydrogen (secondary N) is 1. The molecule has 0 aromatic carbocycles. The van der Waals surface area contributed by atoms with Crippen LogP contribution in [0.25, 0.3) is 0 Å². The fourth-order valence-corrected chi connectivity index (χ4v) is 1.92. The first kappa shape index (κ1) is 5.57. The second-order valence-corrected chi connectivity index (χ2v) is 3.13. The highest BCUT2D eigenvalue weighted by Gasteiger charge is 2.20. The quantitative estimate of drug-likeness (QED) is 0.546. The van der Waals surface area contributed by atoms with Crippen molar-refractivity contribution in [2.24, 2.45) is 0 Å². The summed E-state index contributed by atoms with van der Waals surface area (Å²) in [5.74, 6) is 2.06. The lowest BCUT2D eigenvalue weighted by Crippen LogP contribution is -2.20. The van der Waals surface area contributed by atoms with Gasteiger partial charge in [0.2, 0.25) is 0 Å². The minimum Gasteiger partial charge on any atom is -0.295 e. The van der Waals surface area contributed by atoms with Crippen LogP contribution in [0.3, 0.4) is 0 Å². The van der Waals surface area contributed by atoms with Gasteiger partial charge in [-0.2, -0.15) is 0 Å². The molecule has 1 saturated heterocycles. The highest BCUT2D eigenvalue weighted by molar-refractivity contribution is 8.05. The molecule has 2 aliphatic rings. The van der Waals surface area contributed by atoms with E-state index in [9.17, 15) is 0 Å². The van der Waals surface area contributed by atoms with E-state index in [1.54, 1.807) is 11.8 Å². The minimum atomic E-state index is 0.597. The van der Waals surface area contributed by atoms with Crippen molar-refractivity contribution in [3.8, 4) is 0 Å². The van der Waals surface area contributed by atoms with Crippen LogP contribution in [-0.4, -0.2) is 6.04 Å². The molecular weight excluding hydrogens is 130 g/mol. The summed E-state index contributed by atoms with van der Waals surface area (Å²) >= 11 is 1.80. The van der Waals surface area contributed by atoms with Crippen LogP contribution in [0.5, 0.6) is 0 Å². The topological polar surface area (TPSA) is 12.0 Å². The predicted octanol–water partition coefficient (Wildman–Crippen LogP) is 1.65. The van der Waals surface area contributed by atoms with Crippen molar-refractivity contribution in [1.29, 1.82) is 0 Å². The minimum absolute atomic E-state index is 0.597. The summed E-state index contributed by atoms with van der Waals surface area (Å²) in [5.41, 5.74) is 0. The SMILES string of the molecule is [CH]1NC2CC=CC=C2S1. The maximum Gasteiger partial charge on any atom is 0.0835 e. The van der Waals surface area contributed by atoms with Crippen LogP contribution in [0, 0.1) is 5.88 Å². The van der Waals surface area contributed by atoms with Crippen LogP contribution >= 0.6 is 11.8 Å². The normalized spacial score (nSPS) is 32.0. The third-order valence-electron chi connectivity index (χ3n) is 1.58. The Hall–Kier alpha value is -0.210. The zero-order chi connectivity index (χ0) is 6.10. The lowest BCUT2D eigenvalue weighted by Gasteiger charge is -2.10. The first-order valence-electron chi connectivity index (χ1n) is 3.08. The summed E-state index contributed by atoms with van der Waals surface area (Å²) in [6, 6.07) is 0.597. The summed E-state index contributed by atoms with van der Waals surface area (Å²) in [6.45, 7) is 0. The van der Waals surface area contributed by atoms with Crippen molar-refractivity contribution >= 4 is 11.8 Å². The fourth-order valence-electron chi connectivity index (χ4n) is 1.07. The van der Waals surface area contributed by atoms with Crippen molar-refractivity contribution in [2.45, 2.75) is 12.5 Å². The Balaban J connectivity index is 2.23. The van der Waals surface area contributed by atoms with Gasteiger partial charge in [-0.05, 0) is 6.42 Å². The van der Waals surface area contributed by atoms with Crippen LogP contribution in [0.2, 0.25) is 0 Å². The molecule has 1 aliphatic heterocycles. The molecule has 1 fully saturated rings. The van der Waals surface area contributed by atoms with Crippen molar-refractivity contribution < 1.29 is 0 Å². The number of thioether (sulfide) groups is 1. The lowest BCUT2D eigenvalue weighted by molar-refractivity contribution is 0.702. The van der Waals surface area contributed by atoms with Gasteiger partial charge < -0.3 is 0 Å². The third-order valence-corrected chi connectivity index (χ3v) is 2.52. The third kappa shape index (κ3) is 0.926. The molecule has 0 bridgehead atoms. The van der Waals surface area contributed by atoms with E-state index >= 15 is 0 Å². The van der Waals surface area contributed by atoms with Crippen LogP contribution < -0.4 is 5.32 Å². The molecule has 2 rings (SSSR count).